The van der Waals surface area contributed by atoms with Gasteiger partial charge in [-0.1, -0.05) is 0 Å². The molecule has 0 unspecified atom stereocenters. The molecule has 0 aliphatic carbocycles. The molecule has 2 N–H and O–H groups in total. The van der Waals surface area contributed by atoms with E-state index >= 15 is 0 Å². The van der Waals surface area contributed by atoms with E-state index in [1.54, 1.807) is 23.7 Å². The number of H-pyrrole nitrogens is 2. The molecule has 0 bridgehead atoms. The highest BCUT2D eigenvalue weighted by Crippen LogP contribution is 2.31. The van der Waals surface area contributed by atoms with E-state index in [4.69, 9.17) is 4.98 Å². The van der Waals surface area contributed by atoms with Crippen molar-refractivity contribution in [2.75, 3.05) is 0 Å². The maximum Gasteiger partial charge on any atom is 0.291 e. The third-order valence-electron chi connectivity index (χ3n) is 5.25. The van der Waals surface area contributed by atoms with Gasteiger partial charge in [0.25, 0.3) is 5.56 Å². The lowest BCUT2D eigenvalue weighted by atomic mass is 10.3. The van der Waals surface area contributed by atoms with E-state index in [0.717, 1.165) is 43.2 Å². The molecule has 0 amide bonds. The second-order valence-electron chi connectivity index (χ2n) is 7.17. The second kappa shape index (κ2) is 6.36. The van der Waals surface area contributed by atoms with Crippen molar-refractivity contribution >= 4 is 43.6 Å². The Morgan fingerprint density at radius 3 is 2.97 bits per heavy atom. The summed E-state index contributed by atoms with van der Waals surface area (Å²) in [6, 6.07) is 7.80. The minimum absolute atomic E-state index is 0.149. The number of pyridine rings is 1. The van der Waals surface area contributed by atoms with Crippen LogP contribution in [0.2, 0.25) is 0 Å². The summed E-state index contributed by atoms with van der Waals surface area (Å²) >= 11 is 1.58. The Bertz CT molecular complexity index is 1580. The van der Waals surface area contributed by atoms with E-state index < -0.39 is 0 Å². The molecule has 6 rings (SSSR count). The van der Waals surface area contributed by atoms with Gasteiger partial charge in [-0.3, -0.25) is 9.89 Å². The highest BCUT2D eigenvalue weighted by Gasteiger charge is 2.18. The molecule has 10 heteroatoms. The number of aromatic nitrogens is 8. The van der Waals surface area contributed by atoms with E-state index in [1.165, 1.54) is 4.68 Å². The zero-order valence-corrected chi connectivity index (χ0v) is 16.8. The van der Waals surface area contributed by atoms with Crippen molar-refractivity contribution in [2.24, 2.45) is 7.05 Å². The summed E-state index contributed by atoms with van der Waals surface area (Å²) in [4.78, 5) is 25.6. The first-order valence-corrected chi connectivity index (χ1v) is 10.2. The predicted molar refractivity (Wildman–Crippen MR) is 115 cm³/mol. The molecular formula is C20H16N8OS. The molecule has 0 saturated carbocycles. The lowest BCUT2D eigenvalue weighted by Gasteiger charge is -2.05. The third kappa shape index (κ3) is 2.57. The van der Waals surface area contributed by atoms with Crippen molar-refractivity contribution in [2.45, 2.75) is 13.0 Å². The summed E-state index contributed by atoms with van der Waals surface area (Å²) in [5, 5.41) is 14.2. The van der Waals surface area contributed by atoms with Crippen molar-refractivity contribution < 1.29 is 0 Å². The van der Waals surface area contributed by atoms with Crippen LogP contribution in [0.3, 0.4) is 0 Å². The molecule has 0 atom stereocenters. The zero-order valence-electron chi connectivity index (χ0n) is 16.0. The smallest absolute Gasteiger partial charge is 0.291 e. The van der Waals surface area contributed by atoms with E-state index in [1.807, 2.05) is 42.1 Å². The van der Waals surface area contributed by atoms with Crippen LogP contribution in [0.1, 0.15) is 16.4 Å². The Morgan fingerprint density at radius 1 is 1.17 bits per heavy atom. The highest BCUT2D eigenvalue weighted by atomic mass is 32.1. The van der Waals surface area contributed by atoms with Crippen LogP contribution in [0.4, 0.5) is 0 Å². The molecule has 0 spiro atoms. The summed E-state index contributed by atoms with van der Waals surface area (Å²) in [6.07, 6.45) is 6.01. The van der Waals surface area contributed by atoms with Gasteiger partial charge in [-0.25, -0.2) is 14.6 Å². The molecule has 0 aliphatic rings. The van der Waals surface area contributed by atoms with Gasteiger partial charge in [0, 0.05) is 42.3 Å². The van der Waals surface area contributed by atoms with Crippen molar-refractivity contribution in [1.29, 1.82) is 0 Å². The summed E-state index contributed by atoms with van der Waals surface area (Å²) in [5.74, 6) is 0. The van der Waals surface area contributed by atoms with Gasteiger partial charge in [0.1, 0.15) is 16.2 Å². The van der Waals surface area contributed by atoms with Crippen LogP contribution >= 0.6 is 11.3 Å². The molecule has 6 aromatic rings. The zero-order chi connectivity index (χ0) is 20.2. The van der Waals surface area contributed by atoms with Gasteiger partial charge in [0.05, 0.1) is 23.1 Å². The number of hydrogen-bond donors (Lipinski definition) is 2. The molecule has 0 aliphatic heterocycles. The Kier molecular flexibility index (Phi) is 3.62. The summed E-state index contributed by atoms with van der Waals surface area (Å²) < 4.78 is 4.29. The first-order valence-electron chi connectivity index (χ1n) is 9.42. The Labute approximate surface area is 173 Å². The molecule has 6 aromatic heterocycles. The topological polar surface area (TPSA) is 110 Å². The second-order valence-corrected chi connectivity index (χ2v) is 8.25. The number of hydrogen-bond acceptors (Lipinski definition) is 6. The molecule has 0 saturated heterocycles. The molecule has 0 aromatic carbocycles. The van der Waals surface area contributed by atoms with Crippen LogP contribution in [-0.2, 0) is 20.0 Å². The summed E-state index contributed by atoms with van der Waals surface area (Å²) in [6.45, 7) is 0.307. The fraction of sp³-hybridized carbons (Fsp3) is 0.150. The molecule has 6 heterocycles. The minimum atomic E-state index is -0.149. The number of aromatic amines is 2. The van der Waals surface area contributed by atoms with Gasteiger partial charge < -0.3 is 9.55 Å². The van der Waals surface area contributed by atoms with Gasteiger partial charge >= 0.3 is 0 Å². The minimum Gasteiger partial charge on any atom is -0.346 e. The van der Waals surface area contributed by atoms with Crippen molar-refractivity contribution in [1.82, 2.24) is 39.5 Å². The first-order chi connectivity index (χ1) is 14.7. The largest absolute Gasteiger partial charge is 0.346 e. The third-order valence-corrected chi connectivity index (χ3v) is 6.33. The van der Waals surface area contributed by atoms with Gasteiger partial charge in [-0.15, -0.1) is 11.3 Å². The fourth-order valence-electron chi connectivity index (χ4n) is 3.78. The quantitative estimate of drug-likeness (QED) is 0.459. The van der Waals surface area contributed by atoms with Gasteiger partial charge in [0.15, 0.2) is 5.65 Å². The number of thiazole rings is 1. The molecular weight excluding hydrogens is 400 g/mol. The van der Waals surface area contributed by atoms with E-state index in [2.05, 4.69) is 25.3 Å². The maximum absolute atomic E-state index is 13.2. The van der Waals surface area contributed by atoms with Crippen molar-refractivity contribution in [3.8, 4) is 0 Å². The van der Waals surface area contributed by atoms with Crippen LogP contribution in [0.5, 0.6) is 0 Å². The standard InChI is InChI=1S/C20H16N8OS/c1-27-16-14(17-19(27)25-15(30-17)8-12-5-7-22-26-12)9-23-28(20(16)29)10-13-3-2-11-4-6-21-18(11)24-13/h2-7,9H,8,10H2,1H3,(H,21,24)(H,22,26). The highest BCUT2D eigenvalue weighted by molar-refractivity contribution is 7.19. The monoisotopic (exact) mass is 416 g/mol. The predicted octanol–water partition coefficient (Wildman–Crippen LogP) is 2.58. The van der Waals surface area contributed by atoms with Crippen molar-refractivity contribution in [3.63, 3.8) is 0 Å². The van der Waals surface area contributed by atoms with Crippen molar-refractivity contribution in [3.05, 3.63) is 69.6 Å². The number of nitrogens with zero attached hydrogens (tertiary/aromatic N) is 6. The van der Waals surface area contributed by atoms with Crippen LogP contribution in [0, 0.1) is 0 Å². The van der Waals surface area contributed by atoms with Crippen LogP contribution in [0.15, 0.2) is 47.7 Å². The molecule has 30 heavy (non-hydrogen) atoms. The van der Waals surface area contributed by atoms with E-state index in [-0.39, 0.29) is 5.56 Å². The van der Waals surface area contributed by atoms with Gasteiger partial charge in [-0.05, 0) is 24.3 Å². The Hall–Kier alpha value is -3.79. The SMILES string of the molecule is Cn1c2nc(Cc3ccn[nH]3)sc2c2cnn(Cc3ccc4cc[nH]c4n3)c(=O)c21. The van der Waals surface area contributed by atoms with E-state index in [9.17, 15) is 4.79 Å². The number of aryl methyl sites for hydroxylation is 1. The Balaban J connectivity index is 1.42. The average Bonchev–Trinajstić information content (AvgIpc) is 3.51. The van der Waals surface area contributed by atoms with Crippen LogP contribution in [-0.4, -0.2) is 39.5 Å². The van der Waals surface area contributed by atoms with Gasteiger partial charge in [0.2, 0.25) is 0 Å². The number of fused-ring (bicyclic) bond motifs is 4. The first kappa shape index (κ1) is 17.1. The lowest BCUT2D eigenvalue weighted by molar-refractivity contribution is 0.634. The molecule has 148 valence electrons. The fourth-order valence-corrected chi connectivity index (χ4v) is 4.91. The normalized spacial score (nSPS) is 11.9. The van der Waals surface area contributed by atoms with Gasteiger partial charge in [-0.2, -0.15) is 10.2 Å². The average molecular weight is 416 g/mol. The number of nitrogens with one attached hydrogen (secondary N) is 2. The number of rotatable bonds is 4. The van der Waals surface area contributed by atoms with E-state index in [0.29, 0.717) is 18.5 Å². The lowest BCUT2D eigenvalue weighted by Crippen LogP contribution is -2.25. The maximum atomic E-state index is 13.2. The van der Waals surface area contributed by atoms with Crippen LogP contribution in [0.25, 0.3) is 32.3 Å². The molecule has 9 nitrogen and oxygen atoms in total. The van der Waals surface area contributed by atoms with Crippen LogP contribution < -0.4 is 5.56 Å². The summed E-state index contributed by atoms with van der Waals surface area (Å²) in [5.41, 5.74) is 3.83. The Morgan fingerprint density at radius 2 is 2.10 bits per heavy atom. The molecule has 0 fully saturated rings. The molecule has 0 radical (unpaired) electrons. The summed E-state index contributed by atoms with van der Waals surface area (Å²) in [7, 11) is 1.87.